The van der Waals surface area contributed by atoms with Gasteiger partial charge in [-0.2, -0.15) is 5.10 Å². The molecule has 2 amide bonds. The number of hydrogen-bond donors (Lipinski definition) is 3. The summed E-state index contributed by atoms with van der Waals surface area (Å²) in [5.41, 5.74) is 0. The third-order valence-electron chi connectivity index (χ3n) is 2.85. The summed E-state index contributed by atoms with van der Waals surface area (Å²) in [6.07, 6.45) is 5.56. The van der Waals surface area contributed by atoms with E-state index in [-0.39, 0.29) is 6.04 Å². The lowest BCUT2D eigenvalue weighted by Gasteiger charge is -2.18. The third-order valence-corrected chi connectivity index (χ3v) is 2.85. The highest BCUT2D eigenvalue weighted by molar-refractivity contribution is 5.82. The van der Waals surface area contributed by atoms with Crippen molar-refractivity contribution in [3.63, 3.8) is 0 Å². The molecule has 7 heteroatoms. The van der Waals surface area contributed by atoms with Crippen molar-refractivity contribution in [3.05, 3.63) is 18.5 Å². The molecule has 0 aliphatic rings. The summed E-state index contributed by atoms with van der Waals surface area (Å²) in [5.74, 6) is -1.01. The Bertz CT molecular complexity index is 419. The SMILES string of the molecule is CCCCC(NC(=O)NC(C)Cn1cccn1)C(=O)O. The van der Waals surface area contributed by atoms with E-state index in [1.54, 1.807) is 23.1 Å². The molecule has 0 radical (unpaired) electrons. The number of nitrogens with one attached hydrogen (secondary N) is 2. The smallest absolute Gasteiger partial charge is 0.326 e. The number of carboxylic acids is 1. The number of amides is 2. The Labute approximate surface area is 118 Å². The summed E-state index contributed by atoms with van der Waals surface area (Å²) in [6.45, 7) is 4.35. The van der Waals surface area contributed by atoms with Gasteiger partial charge in [0, 0.05) is 18.4 Å². The highest BCUT2D eigenvalue weighted by atomic mass is 16.4. The van der Waals surface area contributed by atoms with Crippen molar-refractivity contribution >= 4 is 12.0 Å². The van der Waals surface area contributed by atoms with E-state index in [4.69, 9.17) is 5.11 Å². The lowest BCUT2D eigenvalue weighted by Crippen LogP contribution is -2.49. The number of rotatable bonds is 8. The summed E-state index contributed by atoms with van der Waals surface area (Å²) in [7, 11) is 0. The minimum atomic E-state index is -1.01. The maximum absolute atomic E-state index is 11.7. The van der Waals surface area contributed by atoms with Crippen LogP contribution in [0.3, 0.4) is 0 Å². The first kappa shape index (κ1) is 16.0. The predicted octanol–water partition coefficient (Wildman–Crippen LogP) is 1.21. The quantitative estimate of drug-likeness (QED) is 0.668. The van der Waals surface area contributed by atoms with E-state index in [9.17, 15) is 9.59 Å². The molecule has 0 saturated carbocycles. The topological polar surface area (TPSA) is 96.3 Å². The fourth-order valence-electron chi connectivity index (χ4n) is 1.82. The first-order valence-corrected chi connectivity index (χ1v) is 6.80. The maximum atomic E-state index is 11.7. The molecule has 0 aliphatic carbocycles. The number of hydrogen-bond acceptors (Lipinski definition) is 3. The number of unbranched alkanes of at least 4 members (excludes halogenated alkanes) is 1. The monoisotopic (exact) mass is 282 g/mol. The molecule has 2 atom stereocenters. The van der Waals surface area contributed by atoms with Crippen molar-refractivity contribution in [2.24, 2.45) is 0 Å². The number of carbonyl (C=O) groups excluding carboxylic acids is 1. The van der Waals surface area contributed by atoms with Crippen LogP contribution in [0.1, 0.15) is 33.1 Å². The van der Waals surface area contributed by atoms with E-state index < -0.39 is 18.0 Å². The molecule has 3 N–H and O–H groups in total. The van der Waals surface area contributed by atoms with Crippen molar-refractivity contribution in [2.45, 2.75) is 51.7 Å². The first-order valence-electron chi connectivity index (χ1n) is 6.80. The van der Waals surface area contributed by atoms with Crippen LogP contribution in [-0.2, 0) is 11.3 Å². The molecule has 2 unspecified atom stereocenters. The van der Waals surface area contributed by atoms with Gasteiger partial charge >= 0.3 is 12.0 Å². The molecule has 1 aromatic rings. The number of carbonyl (C=O) groups is 2. The largest absolute Gasteiger partial charge is 0.480 e. The number of aliphatic carboxylic acids is 1. The molecule has 0 bridgehead atoms. The molecular formula is C13H22N4O3. The Kier molecular flexibility index (Phi) is 6.55. The van der Waals surface area contributed by atoms with E-state index in [0.717, 1.165) is 12.8 Å². The first-order chi connectivity index (χ1) is 9.52. The maximum Gasteiger partial charge on any atom is 0.326 e. The molecule has 1 aromatic heterocycles. The second-order valence-corrected chi connectivity index (χ2v) is 4.78. The third kappa shape index (κ3) is 5.73. The van der Waals surface area contributed by atoms with Gasteiger partial charge < -0.3 is 15.7 Å². The van der Waals surface area contributed by atoms with E-state index >= 15 is 0 Å². The molecule has 112 valence electrons. The Balaban J connectivity index is 2.38. The molecule has 0 saturated heterocycles. The molecule has 0 aliphatic heterocycles. The van der Waals surface area contributed by atoms with Gasteiger partial charge in [0.2, 0.25) is 0 Å². The second kappa shape index (κ2) is 8.19. The van der Waals surface area contributed by atoms with E-state index in [2.05, 4.69) is 15.7 Å². The van der Waals surface area contributed by atoms with Crippen LogP contribution in [0, 0.1) is 0 Å². The summed E-state index contributed by atoms with van der Waals surface area (Å²) in [5, 5.41) is 18.3. The van der Waals surface area contributed by atoms with Crippen molar-refractivity contribution < 1.29 is 14.7 Å². The van der Waals surface area contributed by atoms with Crippen LogP contribution >= 0.6 is 0 Å². The van der Waals surface area contributed by atoms with Gasteiger partial charge in [-0.25, -0.2) is 9.59 Å². The second-order valence-electron chi connectivity index (χ2n) is 4.78. The fraction of sp³-hybridized carbons (Fsp3) is 0.615. The summed E-state index contributed by atoms with van der Waals surface area (Å²) in [6, 6.07) is 0.355. The van der Waals surface area contributed by atoms with Gasteiger partial charge in [-0.3, -0.25) is 4.68 Å². The van der Waals surface area contributed by atoms with Crippen LogP contribution in [-0.4, -0.2) is 39.0 Å². The van der Waals surface area contributed by atoms with Gasteiger partial charge in [-0.05, 0) is 19.4 Å². The van der Waals surface area contributed by atoms with Crippen molar-refractivity contribution in [1.29, 1.82) is 0 Å². The molecule has 0 spiro atoms. The van der Waals surface area contributed by atoms with Gasteiger partial charge in [0.1, 0.15) is 6.04 Å². The van der Waals surface area contributed by atoms with Gasteiger partial charge in [-0.1, -0.05) is 19.8 Å². The molecule has 7 nitrogen and oxygen atoms in total. The number of urea groups is 1. The molecule has 0 fully saturated rings. The zero-order valence-corrected chi connectivity index (χ0v) is 11.9. The van der Waals surface area contributed by atoms with Crippen molar-refractivity contribution in [1.82, 2.24) is 20.4 Å². The Morgan fingerprint density at radius 3 is 2.70 bits per heavy atom. The molecule has 0 aromatic carbocycles. The summed E-state index contributed by atoms with van der Waals surface area (Å²) >= 11 is 0. The van der Waals surface area contributed by atoms with Crippen LogP contribution < -0.4 is 10.6 Å². The van der Waals surface area contributed by atoms with Crippen LogP contribution in [0.25, 0.3) is 0 Å². The Morgan fingerprint density at radius 1 is 1.40 bits per heavy atom. The van der Waals surface area contributed by atoms with E-state index in [0.29, 0.717) is 13.0 Å². The summed E-state index contributed by atoms with van der Waals surface area (Å²) in [4.78, 5) is 22.8. The standard InChI is InChI=1S/C13H22N4O3/c1-3-4-6-11(12(18)19)16-13(20)15-10(2)9-17-8-5-7-14-17/h5,7-8,10-11H,3-4,6,9H2,1-2H3,(H,18,19)(H2,15,16,20). The van der Waals surface area contributed by atoms with Crippen LogP contribution in [0.4, 0.5) is 4.79 Å². The minimum Gasteiger partial charge on any atom is -0.480 e. The molecule has 20 heavy (non-hydrogen) atoms. The van der Waals surface area contributed by atoms with E-state index in [1.807, 2.05) is 13.8 Å². The zero-order valence-electron chi connectivity index (χ0n) is 11.9. The average Bonchev–Trinajstić information content (AvgIpc) is 2.86. The number of nitrogens with zero attached hydrogens (tertiary/aromatic N) is 2. The number of carboxylic acid groups (broad SMARTS) is 1. The predicted molar refractivity (Wildman–Crippen MR) is 74.3 cm³/mol. The lowest BCUT2D eigenvalue weighted by molar-refractivity contribution is -0.139. The van der Waals surface area contributed by atoms with Gasteiger partial charge in [0.05, 0.1) is 6.54 Å². The lowest BCUT2D eigenvalue weighted by atomic mass is 10.1. The highest BCUT2D eigenvalue weighted by Gasteiger charge is 2.19. The molecular weight excluding hydrogens is 260 g/mol. The average molecular weight is 282 g/mol. The zero-order chi connectivity index (χ0) is 15.0. The van der Waals surface area contributed by atoms with Gasteiger partial charge in [0.15, 0.2) is 0 Å². The molecule has 1 heterocycles. The number of aromatic nitrogens is 2. The Morgan fingerprint density at radius 2 is 2.15 bits per heavy atom. The van der Waals surface area contributed by atoms with E-state index in [1.165, 1.54) is 0 Å². The minimum absolute atomic E-state index is 0.143. The fourth-order valence-corrected chi connectivity index (χ4v) is 1.82. The van der Waals surface area contributed by atoms with Crippen molar-refractivity contribution in [3.8, 4) is 0 Å². The normalized spacial score (nSPS) is 13.5. The highest BCUT2D eigenvalue weighted by Crippen LogP contribution is 2.01. The Hall–Kier alpha value is -2.05. The van der Waals surface area contributed by atoms with Gasteiger partial charge in [0.25, 0.3) is 0 Å². The van der Waals surface area contributed by atoms with Crippen LogP contribution in [0.15, 0.2) is 18.5 Å². The van der Waals surface area contributed by atoms with Crippen LogP contribution in [0.5, 0.6) is 0 Å². The molecule has 1 rings (SSSR count). The van der Waals surface area contributed by atoms with Gasteiger partial charge in [-0.15, -0.1) is 0 Å². The van der Waals surface area contributed by atoms with Crippen molar-refractivity contribution in [2.75, 3.05) is 0 Å². The van der Waals surface area contributed by atoms with Crippen LogP contribution in [0.2, 0.25) is 0 Å². The summed E-state index contributed by atoms with van der Waals surface area (Å²) < 4.78 is 1.71.